The molecule has 1 aromatic heterocycles. The van der Waals surface area contributed by atoms with E-state index in [0.717, 1.165) is 16.8 Å². The largest absolute Gasteiger partial charge is 0.367 e. The third-order valence-corrected chi connectivity index (χ3v) is 5.26. The number of hydrogen-bond acceptors (Lipinski definition) is 4. The first-order valence-corrected chi connectivity index (χ1v) is 8.61. The van der Waals surface area contributed by atoms with Gasteiger partial charge in [-0.05, 0) is 17.7 Å². The molecule has 120 valence electrons. The highest BCUT2D eigenvalue weighted by atomic mass is 35.5. The lowest BCUT2D eigenvalue weighted by molar-refractivity contribution is -0.123. The van der Waals surface area contributed by atoms with E-state index >= 15 is 0 Å². The van der Waals surface area contributed by atoms with Gasteiger partial charge in [-0.1, -0.05) is 54.1 Å². The Kier molecular flexibility index (Phi) is 3.64. The Labute approximate surface area is 147 Å². The molecule has 3 aromatic rings. The summed E-state index contributed by atoms with van der Waals surface area (Å²) in [5.74, 6) is -0.531. The van der Waals surface area contributed by atoms with E-state index in [4.69, 9.17) is 22.1 Å². The van der Waals surface area contributed by atoms with Gasteiger partial charge in [-0.2, -0.15) is 0 Å². The van der Waals surface area contributed by atoms with Crippen molar-refractivity contribution in [2.45, 2.75) is 11.7 Å². The van der Waals surface area contributed by atoms with E-state index in [0.29, 0.717) is 10.0 Å². The number of carbonyl (C=O) groups excluding carboxylic acids is 1. The quantitative estimate of drug-likeness (QED) is 0.720. The summed E-state index contributed by atoms with van der Waals surface area (Å²) in [6, 6.07) is 17.0. The molecular weight excluding hydrogens is 344 g/mol. The van der Waals surface area contributed by atoms with Crippen LogP contribution in [0.2, 0.25) is 5.02 Å². The summed E-state index contributed by atoms with van der Waals surface area (Å²) in [6.45, 7) is 0. The van der Waals surface area contributed by atoms with E-state index in [1.165, 1.54) is 11.3 Å². The second kappa shape index (κ2) is 5.70. The van der Waals surface area contributed by atoms with Gasteiger partial charge in [0.1, 0.15) is 11.1 Å². The van der Waals surface area contributed by atoms with Crippen LogP contribution in [0.25, 0.3) is 11.3 Å². The summed E-state index contributed by atoms with van der Waals surface area (Å²) < 4.78 is 5.76. The number of nitrogens with two attached hydrogens (primary N) is 1. The van der Waals surface area contributed by atoms with Crippen LogP contribution in [0.15, 0.2) is 60.0 Å². The minimum atomic E-state index is -1.19. The number of hydrogen-bond donors (Lipinski definition) is 1. The molecule has 1 saturated heterocycles. The standard InChI is InChI=1S/C18H13ClN2O2S/c19-13-8-6-12(7-9-13)15-18(23-15,16(20)22)17-21-14(10-24-17)11-4-2-1-3-5-11/h1-10,15H,(H2,20,22)/t15-,18-/m0/s1. The molecule has 2 atom stereocenters. The topological polar surface area (TPSA) is 68.5 Å². The van der Waals surface area contributed by atoms with Gasteiger partial charge in [0.15, 0.2) is 0 Å². The van der Waals surface area contributed by atoms with Gasteiger partial charge in [0.2, 0.25) is 5.60 Å². The van der Waals surface area contributed by atoms with Crippen molar-refractivity contribution in [1.82, 2.24) is 4.98 Å². The fourth-order valence-corrected chi connectivity index (χ4v) is 3.85. The van der Waals surface area contributed by atoms with Crippen LogP contribution in [0.1, 0.15) is 16.7 Å². The zero-order valence-electron chi connectivity index (χ0n) is 12.5. The second-order valence-electron chi connectivity index (χ2n) is 5.55. The SMILES string of the molecule is NC(=O)[C@@]1(c2nc(-c3ccccc3)cs2)O[C@H]1c1ccc(Cl)cc1. The molecule has 0 spiro atoms. The molecule has 2 N–H and O–H groups in total. The van der Waals surface area contributed by atoms with Crippen molar-refractivity contribution in [2.24, 2.45) is 5.73 Å². The Balaban J connectivity index is 1.70. The number of amides is 1. The van der Waals surface area contributed by atoms with Crippen molar-refractivity contribution in [3.8, 4) is 11.3 Å². The Morgan fingerprint density at radius 3 is 2.54 bits per heavy atom. The molecule has 1 amide bonds. The molecule has 0 saturated carbocycles. The molecule has 1 aliphatic heterocycles. The van der Waals surface area contributed by atoms with Gasteiger partial charge in [0.05, 0.1) is 5.69 Å². The van der Waals surface area contributed by atoms with E-state index in [1.807, 2.05) is 47.8 Å². The highest BCUT2D eigenvalue weighted by molar-refractivity contribution is 7.10. The van der Waals surface area contributed by atoms with Crippen LogP contribution in [-0.2, 0) is 15.1 Å². The third-order valence-electron chi connectivity index (χ3n) is 4.05. The van der Waals surface area contributed by atoms with Crippen LogP contribution in [0, 0.1) is 0 Å². The van der Waals surface area contributed by atoms with Gasteiger partial charge < -0.3 is 10.5 Å². The molecule has 1 fully saturated rings. The van der Waals surface area contributed by atoms with E-state index in [2.05, 4.69) is 4.98 Å². The summed E-state index contributed by atoms with van der Waals surface area (Å²) in [5.41, 5.74) is 7.11. The zero-order valence-corrected chi connectivity index (χ0v) is 14.1. The number of thiazole rings is 1. The Bertz CT molecular complexity index is 895. The van der Waals surface area contributed by atoms with Crippen LogP contribution >= 0.6 is 22.9 Å². The van der Waals surface area contributed by atoms with Gasteiger partial charge in [0.25, 0.3) is 5.91 Å². The molecular formula is C18H13ClN2O2S. The fraction of sp³-hybridized carbons (Fsp3) is 0.111. The zero-order chi connectivity index (χ0) is 16.7. The van der Waals surface area contributed by atoms with Crippen molar-refractivity contribution in [3.05, 3.63) is 75.6 Å². The number of rotatable bonds is 4. The average Bonchev–Trinajstić information content (AvgIpc) is 3.17. The van der Waals surface area contributed by atoms with E-state index < -0.39 is 17.6 Å². The Morgan fingerprint density at radius 2 is 1.88 bits per heavy atom. The van der Waals surface area contributed by atoms with Crippen molar-refractivity contribution in [1.29, 1.82) is 0 Å². The Morgan fingerprint density at radius 1 is 1.17 bits per heavy atom. The van der Waals surface area contributed by atoms with Gasteiger partial charge in [0, 0.05) is 16.0 Å². The monoisotopic (exact) mass is 356 g/mol. The van der Waals surface area contributed by atoms with Crippen molar-refractivity contribution in [2.75, 3.05) is 0 Å². The number of halogens is 1. The first kappa shape index (κ1) is 15.3. The molecule has 2 heterocycles. The number of primary amides is 1. The minimum Gasteiger partial charge on any atom is -0.367 e. The molecule has 0 radical (unpaired) electrons. The summed E-state index contributed by atoms with van der Waals surface area (Å²) in [4.78, 5) is 16.7. The number of benzene rings is 2. The second-order valence-corrected chi connectivity index (χ2v) is 6.85. The lowest BCUT2D eigenvalue weighted by atomic mass is 9.99. The summed E-state index contributed by atoms with van der Waals surface area (Å²) >= 11 is 7.30. The summed E-state index contributed by atoms with van der Waals surface area (Å²) in [7, 11) is 0. The maximum atomic E-state index is 12.1. The van der Waals surface area contributed by atoms with Gasteiger partial charge in [-0.3, -0.25) is 4.79 Å². The van der Waals surface area contributed by atoms with Crippen molar-refractivity contribution >= 4 is 28.8 Å². The summed E-state index contributed by atoms with van der Waals surface area (Å²) in [5, 5.41) is 3.12. The van der Waals surface area contributed by atoms with E-state index in [-0.39, 0.29) is 0 Å². The lowest BCUT2D eigenvalue weighted by Gasteiger charge is -2.05. The number of carbonyl (C=O) groups is 1. The molecule has 6 heteroatoms. The summed E-state index contributed by atoms with van der Waals surface area (Å²) in [6.07, 6.45) is -0.429. The van der Waals surface area contributed by atoms with Crippen LogP contribution in [0.5, 0.6) is 0 Å². The van der Waals surface area contributed by atoms with Gasteiger partial charge in [-0.15, -0.1) is 11.3 Å². The van der Waals surface area contributed by atoms with E-state index in [9.17, 15) is 4.79 Å². The highest BCUT2D eigenvalue weighted by Crippen LogP contribution is 2.57. The minimum absolute atomic E-state index is 0.429. The normalized spacial score (nSPS) is 22.3. The van der Waals surface area contributed by atoms with Crippen LogP contribution < -0.4 is 5.73 Å². The van der Waals surface area contributed by atoms with Gasteiger partial charge in [-0.25, -0.2) is 4.98 Å². The number of epoxide rings is 1. The maximum absolute atomic E-state index is 12.1. The molecule has 4 nitrogen and oxygen atoms in total. The predicted octanol–water partition coefficient (Wildman–Crippen LogP) is 3.92. The van der Waals surface area contributed by atoms with Crippen molar-refractivity contribution < 1.29 is 9.53 Å². The maximum Gasteiger partial charge on any atom is 0.260 e. The third kappa shape index (κ3) is 2.41. The molecule has 0 unspecified atom stereocenters. The molecule has 0 bridgehead atoms. The predicted molar refractivity (Wildman–Crippen MR) is 93.7 cm³/mol. The number of aromatic nitrogens is 1. The molecule has 24 heavy (non-hydrogen) atoms. The van der Waals surface area contributed by atoms with Gasteiger partial charge >= 0.3 is 0 Å². The average molecular weight is 357 g/mol. The molecule has 4 rings (SSSR count). The molecule has 2 aromatic carbocycles. The fourth-order valence-electron chi connectivity index (χ4n) is 2.73. The highest BCUT2D eigenvalue weighted by Gasteiger charge is 2.65. The Hall–Kier alpha value is -2.21. The number of nitrogens with zero attached hydrogens (tertiary/aromatic N) is 1. The van der Waals surface area contributed by atoms with Crippen LogP contribution in [0.4, 0.5) is 0 Å². The first-order valence-electron chi connectivity index (χ1n) is 7.36. The smallest absolute Gasteiger partial charge is 0.260 e. The molecule has 1 aliphatic rings. The number of ether oxygens (including phenoxy) is 1. The van der Waals surface area contributed by atoms with Crippen LogP contribution in [-0.4, -0.2) is 10.9 Å². The molecule has 0 aliphatic carbocycles. The van der Waals surface area contributed by atoms with E-state index in [1.54, 1.807) is 12.1 Å². The first-order chi connectivity index (χ1) is 11.6. The van der Waals surface area contributed by atoms with Crippen molar-refractivity contribution in [3.63, 3.8) is 0 Å². The lowest BCUT2D eigenvalue weighted by Crippen LogP contribution is -2.30. The van der Waals surface area contributed by atoms with Crippen LogP contribution in [0.3, 0.4) is 0 Å².